The van der Waals surface area contributed by atoms with Gasteiger partial charge in [-0.2, -0.15) is 5.10 Å². The van der Waals surface area contributed by atoms with E-state index in [1.807, 2.05) is 17.0 Å². The summed E-state index contributed by atoms with van der Waals surface area (Å²) in [5.41, 5.74) is 0.0261. The molecule has 0 N–H and O–H groups in total. The molecule has 3 heteroatoms. The molecule has 0 aromatic rings. The van der Waals surface area contributed by atoms with Gasteiger partial charge in [0.15, 0.2) is 0 Å². The van der Waals surface area contributed by atoms with Gasteiger partial charge < -0.3 is 4.90 Å². The molecule has 62 valence electrons. The third-order valence-corrected chi connectivity index (χ3v) is 1.63. The van der Waals surface area contributed by atoms with Crippen molar-refractivity contribution in [2.75, 3.05) is 7.05 Å². The normalized spacial score (nSPS) is 18.4. The molecule has 0 aromatic carbocycles. The van der Waals surface area contributed by atoms with Gasteiger partial charge in [0.1, 0.15) is 12.2 Å². The number of nitrogens with zero attached hydrogens (tertiary/aromatic N) is 3. The minimum atomic E-state index is 0.0261. The van der Waals surface area contributed by atoms with E-state index in [2.05, 4.69) is 32.5 Å². The van der Waals surface area contributed by atoms with E-state index in [4.69, 9.17) is 0 Å². The van der Waals surface area contributed by atoms with E-state index in [1.54, 1.807) is 6.34 Å². The minimum absolute atomic E-state index is 0.0261. The minimum Gasteiger partial charge on any atom is -0.320 e. The van der Waals surface area contributed by atoms with Crippen molar-refractivity contribution >= 4 is 6.34 Å². The Morgan fingerprint density at radius 2 is 2.00 bits per heavy atom. The van der Waals surface area contributed by atoms with Crippen molar-refractivity contribution in [3.63, 3.8) is 0 Å². The van der Waals surface area contributed by atoms with Crippen LogP contribution in [-0.4, -0.2) is 28.8 Å². The highest BCUT2D eigenvalue weighted by molar-refractivity contribution is 5.59. The molecule has 0 saturated carbocycles. The molecule has 1 aliphatic rings. The zero-order valence-corrected chi connectivity index (χ0v) is 7.63. The zero-order chi connectivity index (χ0) is 8.65. The largest absolute Gasteiger partial charge is 0.320 e. The molecule has 0 bridgehead atoms. The van der Waals surface area contributed by atoms with E-state index in [0.29, 0.717) is 0 Å². The summed E-state index contributed by atoms with van der Waals surface area (Å²) in [6, 6.07) is 0. The predicted octanol–water partition coefficient (Wildman–Crippen LogP) is 1.45. The summed E-state index contributed by atoms with van der Waals surface area (Å²) >= 11 is 0. The van der Waals surface area contributed by atoms with Gasteiger partial charge in [0.05, 0.1) is 5.54 Å². The van der Waals surface area contributed by atoms with Crippen molar-refractivity contribution in [1.29, 1.82) is 0 Å². The fourth-order valence-electron chi connectivity index (χ4n) is 0.972. The molecule has 0 aromatic heterocycles. The van der Waals surface area contributed by atoms with Crippen LogP contribution in [-0.2, 0) is 0 Å². The average molecular weight is 153 g/mol. The van der Waals surface area contributed by atoms with Gasteiger partial charge in [-0.25, -0.2) is 5.01 Å². The molecule has 11 heavy (non-hydrogen) atoms. The second-order valence-electron chi connectivity index (χ2n) is 3.74. The molecule has 0 fully saturated rings. The SMILES string of the molecule is C=C1N(C)C=NN1C(C)(C)C. The lowest BCUT2D eigenvalue weighted by Crippen LogP contribution is -2.36. The monoisotopic (exact) mass is 153 g/mol. The molecule has 0 aliphatic carbocycles. The van der Waals surface area contributed by atoms with Crippen LogP contribution in [0.4, 0.5) is 0 Å². The van der Waals surface area contributed by atoms with E-state index in [9.17, 15) is 0 Å². The van der Waals surface area contributed by atoms with E-state index in [0.717, 1.165) is 5.82 Å². The second-order valence-corrected chi connectivity index (χ2v) is 3.74. The van der Waals surface area contributed by atoms with Gasteiger partial charge in [0, 0.05) is 7.05 Å². The molecule has 1 aliphatic heterocycles. The highest BCUT2D eigenvalue weighted by Gasteiger charge is 2.27. The van der Waals surface area contributed by atoms with Crippen LogP contribution in [0.5, 0.6) is 0 Å². The number of hydrogen-bond acceptors (Lipinski definition) is 3. The first kappa shape index (κ1) is 8.11. The summed E-state index contributed by atoms with van der Waals surface area (Å²) in [6.45, 7) is 10.2. The topological polar surface area (TPSA) is 18.8 Å². The molecule has 0 saturated heterocycles. The lowest BCUT2D eigenvalue weighted by molar-refractivity contribution is 0.182. The van der Waals surface area contributed by atoms with E-state index in [-0.39, 0.29) is 5.54 Å². The molecule has 1 rings (SSSR count). The van der Waals surface area contributed by atoms with Crippen LogP contribution in [0.2, 0.25) is 0 Å². The Labute approximate surface area is 68.0 Å². The number of rotatable bonds is 0. The lowest BCUT2D eigenvalue weighted by Gasteiger charge is -2.31. The standard InChI is InChI=1S/C8H15N3/c1-7-10(5)6-9-11(7)8(2,3)4/h6H,1H2,2-5H3. The first-order valence-electron chi connectivity index (χ1n) is 3.69. The van der Waals surface area contributed by atoms with Gasteiger partial charge in [-0.15, -0.1) is 0 Å². The van der Waals surface area contributed by atoms with Crippen LogP contribution in [0.25, 0.3) is 0 Å². The van der Waals surface area contributed by atoms with E-state index >= 15 is 0 Å². The van der Waals surface area contributed by atoms with Crippen LogP contribution >= 0.6 is 0 Å². The Morgan fingerprint density at radius 3 is 2.18 bits per heavy atom. The highest BCUT2D eigenvalue weighted by atomic mass is 15.6. The Bertz CT molecular complexity index is 200. The van der Waals surface area contributed by atoms with Crippen molar-refractivity contribution in [3.8, 4) is 0 Å². The van der Waals surface area contributed by atoms with Crippen molar-refractivity contribution in [3.05, 3.63) is 12.4 Å². The smallest absolute Gasteiger partial charge is 0.123 e. The molecule has 0 amide bonds. The summed E-state index contributed by atoms with van der Waals surface area (Å²) in [4.78, 5) is 1.91. The van der Waals surface area contributed by atoms with Gasteiger partial charge in [-0.1, -0.05) is 6.58 Å². The Kier molecular flexibility index (Phi) is 1.66. The van der Waals surface area contributed by atoms with Gasteiger partial charge in [-0.05, 0) is 20.8 Å². The van der Waals surface area contributed by atoms with Gasteiger partial charge in [0.25, 0.3) is 0 Å². The summed E-state index contributed by atoms with van der Waals surface area (Å²) in [5, 5.41) is 6.11. The molecular formula is C8H15N3. The second kappa shape index (κ2) is 2.26. The maximum atomic E-state index is 4.20. The molecule has 0 spiro atoms. The van der Waals surface area contributed by atoms with Crippen LogP contribution in [0.15, 0.2) is 17.5 Å². The zero-order valence-electron chi connectivity index (χ0n) is 7.63. The third kappa shape index (κ3) is 1.37. The molecular weight excluding hydrogens is 138 g/mol. The maximum Gasteiger partial charge on any atom is 0.123 e. The Morgan fingerprint density at radius 1 is 1.45 bits per heavy atom. The van der Waals surface area contributed by atoms with Crippen molar-refractivity contribution in [2.45, 2.75) is 26.3 Å². The van der Waals surface area contributed by atoms with Crippen LogP contribution in [0.1, 0.15) is 20.8 Å². The average Bonchev–Trinajstić information content (AvgIpc) is 2.11. The van der Waals surface area contributed by atoms with Gasteiger partial charge >= 0.3 is 0 Å². The third-order valence-electron chi connectivity index (χ3n) is 1.63. The Balaban J connectivity index is 2.79. The highest BCUT2D eigenvalue weighted by Crippen LogP contribution is 2.23. The van der Waals surface area contributed by atoms with Crippen LogP contribution in [0.3, 0.4) is 0 Å². The lowest BCUT2D eigenvalue weighted by atomic mass is 10.1. The van der Waals surface area contributed by atoms with Crippen molar-refractivity contribution in [1.82, 2.24) is 9.91 Å². The van der Waals surface area contributed by atoms with E-state index < -0.39 is 0 Å². The summed E-state index contributed by atoms with van der Waals surface area (Å²) < 4.78 is 0. The molecule has 3 nitrogen and oxygen atoms in total. The summed E-state index contributed by atoms with van der Waals surface area (Å²) in [5.74, 6) is 0.928. The molecule has 0 radical (unpaired) electrons. The van der Waals surface area contributed by atoms with Crippen molar-refractivity contribution < 1.29 is 0 Å². The summed E-state index contributed by atoms with van der Waals surface area (Å²) in [6.07, 6.45) is 1.77. The first-order valence-corrected chi connectivity index (χ1v) is 3.69. The fourth-order valence-corrected chi connectivity index (χ4v) is 0.972. The molecule has 1 heterocycles. The van der Waals surface area contributed by atoms with Crippen LogP contribution in [0, 0.1) is 0 Å². The quantitative estimate of drug-likeness (QED) is 0.524. The first-order chi connectivity index (χ1) is 4.93. The fraction of sp³-hybridized carbons (Fsp3) is 0.625. The van der Waals surface area contributed by atoms with E-state index in [1.165, 1.54) is 0 Å². The van der Waals surface area contributed by atoms with Gasteiger partial charge in [0.2, 0.25) is 0 Å². The van der Waals surface area contributed by atoms with Gasteiger partial charge in [-0.3, -0.25) is 0 Å². The predicted molar refractivity (Wildman–Crippen MR) is 47.0 cm³/mol. The molecule has 0 atom stereocenters. The number of hydrogen-bond donors (Lipinski definition) is 0. The maximum absolute atomic E-state index is 4.20. The summed E-state index contributed by atoms with van der Waals surface area (Å²) in [7, 11) is 1.94. The molecule has 0 unspecified atom stereocenters. The Hall–Kier alpha value is -0.990. The van der Waals surface area contributed by atoms with Crippen molar-refractivity contribution in [2.24, 2.45) is 5.10 Å². The van der Waals surface area contributed by atoms with Crippen LogP contribution < -0.4 is 0 Å². The number of hydrazone groups is 1.